The summed E-state index contributed by atoms with van der Waals surface area (Å²) in [4.78, 5) is 27.5. The number of hydrogen-bond acceptors (Lipinski definition) is 6. The second-order valence-electron chi connectivity index (χ2n) is 9.26. The van der Waals surface area contributed by atoms with Crippen molar-refractivity contribution in [3.63, 3.8) is 0 Å². The number of carbonyl (C=O) groups excluding carboxylic acids is 2. The summed E-state index contributed by atoms with van der Waals surface area (Å²) in [6.45, 7) is 2.41. The monoisotopic (exact) mass is 487 g/mol. The number of aryl methyl sites for hydroxylation is 2. The van der Waals surface area contributed by atoms with E-state index in [1.54, 1.807) is 40.9 Å². The Hall–Kier alpha value is -3.82. The van der Waals surface area contributed by atoms with Crippen molar-refractivity contribution in [2.75, 3.05) is 16.8 Å². The highest BCUT2D eigenvalue weighted by molar-refractivity contribution is 6.07. The van der Waals surface area contributed by atoms with Crippen LogP contribution in [-0.2, 0) is 34.6 Å². The molecule has 0 bridgehead atoms. The van der Waals surface area contributed by atoms with E-state index >= 15 is 0 Å². The topological polar surface area (TPSA) is 121 Å². The maximum atomic E-state index is 12.9. The molecule has 9 heteroatoms. The Balaban J connectivity index is 1.37. The number of nitrogens with zero attached hydrogens (tertiary/aromatic N) is 4. The number of anilines is 3. The number of allylic oxidation sites excluding steroid dienone is 1. The Morgan fingerprint density at radius 1 is 1.19 bits per heavy atom. The highest BCUT2D eigenvalue weighted by atomic mass is 16.3. The molecule has 186 valence electrons. The van der Waals surface area contributed by atoms with Gasteiger partial charge in [-0.3, -0.25) is 19.2 Å². The lowest BCUT2D eigenvalue weighted by Crippen LogP contribution is -2.40. The van der Waals surface area contributed by atoms with Gasteiger partial charge in [0, 0.05) is 55.0 Å². The Morgan fingerprint density at radius 3 is 2.86 bits per heavy atom. The van der Waals surface area contributed by atoms with Gasteiger partial charge in [-0.1, -0.05) is 42.5 Å². The summed E-state index contributed by atoms with van der Waals surface area (Å²) in [5, 5.41) is 31.5. The molecule has 0 saturated carbocycles. The molecule has 3 N–H and O–H groups in total. The van der Waals surface area contributed by atoms with E-state index in [1.165, 1.54) is 0 Å². The second-order valence-corrected chi connectivity index (χ2v) is 9.26. The van der Waals surface area contributed by atoms with Crippen molar-refractivity contribution in [3.05, 3.63) is 77.6 Å². The fraction of sp³-hybridized carbons (Fsp3) is 0.333. The van der Waals surface area contributed by atoms with Crippen molar-refractivity contribution in [2.45, 2.75) is 44.8 Å². The molecule has 1 aromatic heterocycles. The van der Waals surface area contributed by atoms with E-state index in [2.05, 4.69) is 15.6 Å². The smallest absolute Gasteiger partial charge is 0.261 e. The first-order chi connectivity index (χ1) is 17.4. The van der Waals surface area contributed by atoms with Crippen LogP contribution >= 0.6 is 0 Å². The van der Waals surface area contributed by atoms with E-state index in [4.69, 9.17) is 5.11 Å². The normalized spacial score (nSPS) is 19.9. The number of benzene rings is 2. The van der Waals surface area contributed by atoms with Crippen LogP contribution in [-0.4, -0.2) is 43.6 Å². The SMILES string of the molecule is C[C@H](/C=C/CCn1cc(CCO)nn1)[C@@]1(O)C(=O)Nc2ccc(N3C(=O)CCc4ccccc43)cc21. The van der Waals surface area contributed by atoms with Gasteiger partial charge in [0.25, 0.3) is 5.91 Å². The first-order valence-corrected chi connectivity index (χ1v) is 12.2. The van der Waals surface area contributed by atoms with Crippen LogP contribution in [0.1, 0.15) is 36.6 Å². The van der Waals surface area contributed by atoms with Gasteiger partial charge in [0.2, 0.25) is 5.91 Å². The molecule has 0 aliphatic carbocycles. The zero-order chi connectivity index (χ0) is 25.3. The van der Waals surface area contributed by atoms with Crippen molar-refractivity contribution in [1.29, 1.82) is 0 Å². The highest BCUT2D eigenvalue weighted by Gasteiger charge is 2.49. The maximum Gasteiger partial charge on any atom is 0.261 e. The van der Waals surface area contributed by atoms with Crippen LogP contribution < -0.4 is 10.2 Å². The number of hydrogen-bond donors (Lipinski definition) is 3. The van der Waals surface area contributed by atoms with Crippen molar-refractivity contribution >= 4 is 28.9 Å². The molecule has 0 fully saturated rings. The number of para-hydroxylation sites is 1. The fourth-order valence-corrected chi connectivity index (χ4v) is 4.92. The standard InChI is InChI=1S/C27H29N5O4/c1-18(6-4-5-14-31-17-20(13-15-33)29-30-31)27(36)22-16-21(10-11-23(22)28-26(27)35)32-24-8-3-2-7-19(24)9-12-25(32)34/h2-4,6-8,10-11,16-18,33,36H,5,9,12-15H2,1H3,(H,28,35)/b6-4+/t18-,27+/m1/s1. The van der Waals surface area contributed by atoms with Gasteiger partial charge in [0.05, 0.1) is 11.4 Å². The Kier molecular flexibility index (Phi) is 6.42. The summed E-state index contributed by atoms with van der Waals surface area (Å²) in [6.07, 6.45) is 7.73. The minimum Gasteiger partial charge on any atom is -0.396 e. The third-order valence-electron chi connectivity index (χ3n) is 6.92. The van der Waals surface area contributed by atoms with Crippen LogP contribution in [0.25, 0.3) is 0 Å². The summed E-state index contributed by atoms with van der Waals surface area (Å²) in [6, 6.07) is 13.1. The summed E-state index contributed by atoms with van der Waals surface area (Å²) < 4.78 is 1.70. The van der Waals surface area contributed by atoms with Gasteiger partial charge < -0.3 is 15.5 Å². The average molecular weight is 488 g/mol. The molecule has 0 saturated heterocycles. The average Bonchev–Trinajstić information content (AvgIpc) is 3.43. The molecule has 9 nitrogen and oxygen atoms in total. The van der Waals surface area contributed by atoms with Crippen molar-refractivity contribution < 1.29 is 19.8 Å². The summed E-state index contributed by atoms with van der Waals surface area (Å²) >= 11 is 0. The van der Waals surface area contributed by atoms with Crippen LogP contribution in [0.15, 0.2) is 60.8 Å². The van der Waals surface area contributed by atoms with Gasteiger partial charge in [-0.25, -0.2) is 0 Å². The van der Waals surface area contributed by atoms with Crippen molar-refractivity contribution in [1.82, 2.24) is 15.0 Å². The number of aliphatic hydroxyl groups excluding tert-OH is 1. The number of nitrogens with one attached hydrogen (secondary N) is 1. The Labute approximate surface area is 209 Å². The molecular weight excluding hydrogens is 458 g/mol. The molecule has 0 unspecified atom stereocenters. The lowest BCUT2D eigenvalue weighted by Gasteiger charge is -2.31. The number of carbonyl (C=O) groups is 2. The molecule has 3 aromatic rings. The predicted octanol–water partition coefficient (Wildman–Crippen LogP) is 2.85. The van der Waals surface area contributed by atoms with Gasteiger partial charge in [0.15, 0.2) is 5.60 Å². The second kappa shape index (κ2) is 9.67. The quantitative estimate of drug-likeness (QED) is 0.420. The Bertz CT molecular complexity index is 1330. The van der Waals surface area contributed by atoms with Crippen LogP contribution in [0.4, 0.5) is 17.1 Å². The molecule has 2 atom stereocenters. The van der Waals surface area contributed by atoms with E-state index in [9.17, 15) is 14.7 Å². The molecule has 36 heavy (non-hydrogen) atoms. The first kappa shape index (κ1) is 23.9. The molecule has 0 radical (unpaired) electrons. The van der Waals surface area contributed by atoms with Gasteiger partial charge in [0.1, 0.15) is 0 Å². The number of aromatic nitrogens is 3. The molecule has 3 heterocycles. The fourth-order valence-electron chi connectivity index (χ4n) is 4.92. The lowest BCUT2D eigenvalue weighted by molar-refractivity contribution is -0.137. The van der Waals surface area contributed by atoms with Crippen LogP contribution in [0.5, 0.6) is 0 Å². The summed E-state index contributed by atoms with van der Waals surface area (Å²) in [5.74, 6) is -1.01. The maximum absolute atomic E-state index is 12.9. The lowest BCUT2D eigenvalue weighted by atomic mass is 9.82. The van der Waals surface area contributed by atoms with Crippen molar-refractivity contribution in [2.24, 2.45) is 5.92 Å². The van der Waals surface area contributed by atoms with E-state index in [1.807, 2.05) is 36.4 Å². The number of fused-ring (bicyclic) bond motifs is 2. The molecule has 2 aliphatic rings. The number of rotatable bonds is 8. The molecule has 0 spiro atoms. The molecule has 2 amide bonds. The molecular formula is C27H29N5O4. The third kappa shape index (κ3) is 4.20. The van der Waals surface area contributed by atoms with E-state index in [0.29, 0.717) is 49.2 Å². The first-order valence-electron chi connectivity index (χ1n) is 12.2. The largest absolute Gasteiger partial charge is 0.396 e. The minimum absolute atomic E-state index is 0.0160. The van der Waals surface area contributed by atoms with Crippen molar-refractivity contribution in [3.8, 4) is 0 Å². The number of aliphatic hydroxyl groups is 2. The van der Waals surface area contributed by atoms with Gasteiger partial charge in [-0.2, -0.15) is 0 Å². The third-order valence-corrected chi connectivity index (χ3v) is 6.92. The minimum atomic E-state index is -1.76. The predicted molar refractivity (Wildman–Crippen MR) is 135 cm³/mol. The van der Waals surface area contributed by atoms with Crippen LogP contribution in [0, 0.1) is 5.92 Å². The zero-order valence-electron chi connectivity index (χ0n) is 20.1. The molecule has 5 rings (SSSR count). The Morgan fingerprint density at radius 2 is 2.03 bits per heavy atom. The molecule has 2 aromatic carbocycles. The summed E-state index contributed by atoms with van der Waals surface area (Å²) in [7, 11) is 0. The van der Waals surface area contributed by atoms with Crippen LogP contribution in [0.3, 0.4) is 0 Å². The van der Waals surface area contributed by atoms with Crippen LogP contribution in [0.2, 0.25) is 0 Å². The highest BCUT2D eigenvalue weighted by Crippen LogP contribution is 2.45. The van der Waals surface area contributed by atoms with E-state index < -0.39 is 17.4 Å². The zero-order valence-corrected chi connectivity index (χ0v) is 20.1. The number of amides is 2. The van der Waals surface area contributed by atoms with E-state index in [-0.39, 0.29) is 12.5 Å². The van der Waals surface area contributed by atoms with Gasteiger partial charge in [-0.05, 0) is 42.7 Å². The summed E-state index contributed by atoms with van der Waals surface area (Å²) in [5.41, 5.74) is 2.52. The van der Waals surface area contributed by atoms with E-state index in [0.717, 1.165) is 16.9 Å². The molecule has 2 aliphatic heterocycles. The van der Waals surface area contributed by atoms with Gasteiger partial charge in [-0.15, -0.1) is 5.10 Å². The van der Waals surface area contributed by atoms with Gasteiger partial charge >= 0.3 is 0 Å².